The second-order valence-corrected chi connectivity index (χ2v) is 5.03. The average molecular weight is 277 g/mol. The van der Waals surface area contributed by atoms with Crippen molar-refractivity contribution < 1.29 is 19.4 Å². The summed E-state index contributed by atoms with van der Waals surface area (Å²) in [6.07, 6.45) is 2.19. The first kappa shape index (κ1) is 14.5. The zero-order chi connectivity index (χ0) is 14.4. The molecule has 5 nitrogen and oxygen atoms in total. The molecular formula is C15H19NO4. The fourth-order valence-corrected chi connectivity index (χ4v) is 2.51. The Hall–Kier alpha value is -1.88. The maximum Gasteiger partial charge on any atom is 0.308 e. The zero-order valence-corrected chi connectivity index (χ0v) is 11.2. The molecule has 0 aliphatic heterocycles. The summed E-state index contributed by atoms with van der Waals surface area (Å²) < 4.78 is 5.33. The highest BCUT2D eigenvalue weighted by atomic mass is 16.5. The number of hydrogen-bond donors (Lipinski definition) is 2. The first-order chi connectivity index (χ1) is 9.66. The zero-order valence-electron chi connectivity index (χ0n) is 11.2. The van der Waals surface area contributed by atoms with Crippen molar-refractivity contribution in [1.29, 1.82) is 0 Å². The third-order valence-electron chi connectivity index (χ3n) is 3.52. The monoisotopic (exact) mass is 277 g/mol. The van der Waals surface area contributed by atoms with Crippen LogP contribution < -0.4 is 5.32 Å². The summed E-state index contributed by atoms with van der Waals surface area (Å²) >= 11 is 0. The van der Waals surface area contributed by atoms with Crippen LogP contribution in [0.2, 0.25) is 0 Å². The number of amides is 1. The van der Waals surface area contributed by atoms with Crippen molar-refractivity contribution in [2.75, 3.05) is 6.61 Å². The van der Waals surface area contributed by atoms with Crippen LogP contribution in [0.1, 0.15) is 24.8 Å². The Morgan fingerprint density at radius 2 is 2.00 bits per heavy atom. The first-order valence-corrected chi connectivity index (χ1v) is 6.80. The fourth-order valence-electron chi connectivity index (χ4n) is 2.51. The number of rotatable bonds is 6. The lowest BCUT2D eigenvalue weighted by Gasteiger charge is -2.17. The van der Waals surface area contributed by atoms with Gasteiger partial charge < -0.3 is 15.2 Å². The molecule has 1 aromatic carbocycles. The van der Waals surface area contributed by atoms with Crippen molar-refractivity contribution in [1.82, 2.24) is 5.32 Å². The lowest BCUT2D eigenvalue weighted by atomic mass is 10.0. The van der Waals surface area contributed by atoms with Gasteiger partial charge in [-0.1, -0.05) is 36.8 Å². The number of carboxylic acids is 1. The van der Waals surface area contributed by atoms with E-state index in [1.807, 2.05) is 30.3 Å². The molecule has 1 saturated carbocycles. The quantitative estimate of drug-likeness (QED) is 0.827. The summed E-state index contributed by atoms with van der Waals surface area (Å²) in [7, 11) is 0. The largest absolute Gasteiger partial charge is 0.481 e. The van der Waals surface area contributed by atoms with E-state index < -0.39 is 11.9 Å². The molecule has 20 heavy (non-hydrogen) atoms. The minimum absolute atomic E-state index is 0.0439. The molecule has 0 spiro atoms. The fraction of sp³-hybridized carbons (Fsp3) is 0.467. The van der Waals surface area contributed by atoms with E-state index in [4.69, 9.17) is 9.84 Å². The second kappa shape index (κ2) is 7.05. The van der Waals surface area contributed by atoms with Crippen molar-refractivity contribution >= 4 is 11.9 Å². The normalized spacial score (nSPS) is 21.6. The molecule has 0 saturated heterocycles. The highest BCUT2D eigenvalue weighted by Crippen LogP contribution is 2.25. The van der Waals surface area contributed by atoms with Crippen molar-refractivity contribution in [3.63, 3.8) is 0 Å². The predicted molar refractivity (Wildman–Crippen MR) is 73.0 cm³/mol. The van der Waals surface area contributed by atoms with Crippen molar-refractivity contribution in [2.45, 2.75) is 31.9 Å². The summed E-state index contributed by atoms with van der Waals surface area (Å²) in [5, 5.41) is 11.8. The molecule has 0 aromatic heterocycles. The van der Waals surface area contributed by atoms with E-state index in [1.165, 1.54) is 0 Å². The van der Waals surface area contributed by atoms with Crippen molar-refractivity contribution in [2.24, 2.45) is 5.92 Å². The summed E-state index contributed by atoms with van der Waals surface area (Å²) in [6.45, 7) is 0.332. The van der Waals surface area contributed by atoms with Crippen LogP contribution in [0.4, 0.5) is 0 Å². The Bertz CT molecular complexity index is 460. The average Bonchev–Trinajstić information content (AvgIpc) is 2.88. The van der Waals surface area contributed by atoms with Crippen LogP contribution in [0.3, 0.4) is 0 Å². The molecule has 2 unspecified atom stereocenters. The molecule has 2 atom stereocenters. The third-order valence-corrected chi connectivity index (χ3v) is 3.52. The second-order valence-electron chi connectivity index (χ2n) is 5.03. The smallest absolute Gasteiger partial charge is 0.308 e. The molecule has 1 aromatic rings. The Kier molecular flexibility index (Phi) is 5.12. The number of hydrogen-bond acceptors (Lipinski definition) is 3. The highest BCUT2D eigenvalue weighted by Gasteiger charge is 2.33. The number of carbonyl (C=O) groups excluding carboxylic acids is 1. The van der Waals surface area contributed by atoms with Crippen LogP contribution in [0.15, 0.2) is 30.3 Å². The topological polar surface area (TPSA) is 75.6 Å². The maximum absolute atomic E-state index is 11.7. The minimum atomic E-state index is -0.835. The van der Waals surface area contributed by atoms with E-state index in [9.17, 15) is 9.59 Å². The number of carboxylic acid groups (broad SMARTS) is 1. The van der Waals surface area contributed by atoms with Gasteiger partial charge in [0.25, 0.3) is 0 Å². The number of nitrogens with one attached hydrogen (secondary N) is 1. The van der Waals surface area contributed by atoms with E-state index in [0.717, 1.165) is 18.4 Å². The summed E-state index contributed by atoms with van der Waals surface area (Å²) in [6, 6.07) is 9.33. The molecule has 0 bridgehead atoms. The summed E-state index contributed by atoms with van der Waals surface area (Å²) in [5.74, 6) is -1.55. The van der Waals surface area contributed by atoms with Crippen LogP contribution in [0, 0.1) is 5.92 Å². The Morgan fingerprint density at radius 3 is 2.70 bits per heavy atom. The van der Waals surface area contributed by atoms with Gasteiger partial charge >= 0.3 is 5.97 Å². The van der Waals surface area contributed by atoms with Gasteiger partial charge in [-0.2, -0.15) is 0 Å². The molecule has 1 fully saturated rings. The van der Waals surface area contributed by atoms with Crippen LogP contribution in [-0.2, 0) is 20.9 Å². The molecule has 1 aliphatic carbocycles. The van der Waals surface area contributed by atoms with Gasteiger partial charge in [0.1, 0.15) is 6.61 Å². The predicted octanol–water partition coefficient (Wildman–Crippen LogP) is 1.57. The van der Waals surface area contributed by atoms with Gasteiger partial charge in [-0.25, -0.2) is 0 Å². The molecule has 1 aliphatic rings. The molecule has 2 rings (SSSR count). The Labute approximate surface area is 117 Å². The van der Waals surface area contributed by atoms with Crippen LogP contribution in [-0.4, -0.2) is 29.6 Å². The number of benzene rings is 1. The van der Waals surface area contributed by atoms with Gasteiger partial charge in [0.2, 0.25) is 5.91 Å². The maximum atomic E-state index is 11.7. The van der Waals surface area contributed by atoms with Gasteiger partial charge in [0.05, 0.1) is 12.5 Å². The number of carbonyl (C=O) groups is 2. The molecule has 0 radical (unpaired) electrons. The van der Waals surface area contributed by atoms with Gasteiger partial charge in [0.15, 0.2) is 0 Å². The summed E-state index contributed by atoms with van der Waals surface area (Å²) in [4.78, 5) is 22.7. The molecule has 108 valence electrons. The lowest BCUT2D eigenvalue weighted by molar-refractivity contribution is -0.142. The van der Waals surface area contributed by atoms with Crippen molar-refractivity contribution in [3.05, 3.63) is 35.9 Å². The van der Waals surface area contributed by atoms with Gasteiger partial charge in [0, 0.05) is 6.04 Å². The summed E-state index contributed by atoms with van der Waals surface area (Å²) in [5.41, 5.74) is 1.00. The minimum Gasteiger partial charge on any atom is -0.481 e. The van der Waals surface area contributed by atoms with E-state index in [1.54, 1.807) is 0 Å². The molecular weight excluding hydrogens is 258 g/mol. The van der Waals surface area contributed by atoms with E-state index in [2.05, 4.69) is 5.32 Å². The van der Waals surface area contributed by atoms with E-state index >= 15 is 0 Å². The van der Waals surface area contributed by atoms with Crippen molar-refractivity contribution in [3.8, 4) is 0 Å². The standard InChI is InChI=1S/C15H19NO4/c17-14(10-20-9-11-5-2-1-3-6-11)16-13-8-4-7-12(13)15(18)19/h1-3,5-6,12-13H,4,7-10H2,(H,16,17)(H,18,19). The third kappa shape index (κ3) is 4.06. The first-order valence-electron chi connectivity index (χ1n) is 6.80. The van der Waals surface area contributed by atoms with E-state index in [0.29, 0.717) is 13.0 Å². The van der Waals surface area contributed by atoms with Crippen LogP contribution in [0.5, 0.6) is 0 Å². The molecule has 2 N–H and O–H groups in total. The Balaban J connectivity index is 1.71. The number of aliphatic carboxylic acids is 1. The molecule has 0 heterocycles. The van der Waals surface area contributed by atoms with Gasteiger partial charge in [-0.05, 0) is 18.4 Å². The Morgan fingerprint density at radius 1 is 1.25 bits per heavy atom. The lowest BCUT2D eigenvalue weighted by Crippen LogP contribution is -2.41. The number of ether oxygens (including phenoxy) is 1. The van der Waals surface area contributed by atoms with Crippen LogP contribution >= 0.6 is 0 Å². The van der Waals surface area contributed by atoms with Gasteiger partial charge in [-0.15, -0.1) is 0 Å². The molecule has 5 heteroatoms. The van der Waals surface area contributed by atoms with Gasteiger partial charge in [-0.3, -0.25) is 9.59 Å². The highest BCUT2D eigenvalue weighted by molar-refractivity contribution is 5.79. The van der Waals surface area contributed by atoms with Crippen LogP contribution in [0.25, 0.3) is 0 Å². The van der Waals surface area contributed by atoms with E-state index in [-0.39, 0.29) is 18.6 Å². The SMILES string of the molecule is O=C(COCc1ccccc1)NC1CCCC1C(=O)O. The molecule has 1 amide bonds.